The van der Waals surface area contributed by atoms with Crippen LogP contribution in [0.15, 0.2) is 0 Å². The highest BCUT2D eigenvalue weighted by Gasteiger charge is 2.23. The summed E-state index contributed by atoms with van der Waals surface area (Å²) in [5.41, 5.74) is 0. The monoisotopic (exact) mass is 301 g/mol. The number of amides is 2. The predicted molar refractivity (Wildman–Crippen MR) is 75.1 cm³/mol. The van der Waals surface area contributed by atoms with Gasteiger partial charge in [0.2, 0.25) is 0 Å². The molecular weight excluding hydrogens is 278 g/mol. The number of carboxylic acid groups (broad SMARTS) is 2. The van der Waals surface area contributed by atoms with Crippen LogP contribution in [0.1, 0.15) is 32.1 Å². The lowest BCUT2D eigenvalue weighted by Gasteiger charge is -2.21. The number of likely N-dealkylation sites (N-methyl/N-ethyl adjacent to an activating group) is 1. The van der Waals surface area contributed by atoms with Crippen LogP contribution in [0.3, 0.4) is 0 Å². The molecule has 1 heterocycles. The number of aliphatic carboxylic acids is 2. The summed E-state index contributed by atoms with van der Waals surface area (Å²) in [6.07, 6.45) is 2.30. The fourth-order valence-electron chi connectivity index (χ4n) is 2.37. The van der Waals surface area contributed by atoms with Gasteiger partial charge in [-0.3, -0.25) is 4.79 Å². The highest BCUT2D eigenvalue weighted by atomic mass is 16.4. The average molecular weight is 301 g/mol. The SMILES string of the molecule is CN1CCCC1CNC(=O)N[C@H](CCCC(=O)O)C(=O)O. The third kappa shape index (κ3) is 6.44. The van der Waals surface area contributed by atoms with Crippen LogP contribution < -0.4 is 10.6 Å². The maximum atomic E-state index is 11.7. The van der Waals surface area contributed by atoms with Gasteiger partial charge >= 0.3 is 18.0 Å². The first-order chi connectivity index (χ1) is 9.90. The predicted octanol–water partition coefficient (Wildman–Crippen LogP) is 0.0879. The van der Waals surface area contributed by atoms with Crippen LogP contribution in [-0.4, -0.2) is 65.3 Å². The lowest BCUT2D eigenvalue weighted by atomic mass is 10.1. The Hall–Kier alpha value is -1.83. The fourth-order valence-corrected chi connectivity index (χ4v) is 2.37. The molecule has 2 atom stereocenters. The molecule has 0 aromatic heterocycles. The Kier molecular flexibility index (Phi) is 6.93. The van der Waals surface area contributed by atoms with E-state index in [1.807, 2.05) is 7.05 Å². The summed E-state index contributed by atoms with van der Waals surface area (Å²) in [6.45, 7) is 1.48. The van der Waals surface area contributed by atoms with Crippen LogP contribution in [0.5, 0.6) is 0 Å². The molecule has 1 rings (SSSR count). The van der Waals surface area contributed by atoms with Crippen LogP contribution in [0.2, 0.25) is 0 Å². The van der Waals surface area contributed by atoms with Crippen LogP contribution in [0.4, 0.5) is 4.79 Å². The minimum atomic E-state index is -1.16. The van der Waals surface area contributed by atoms with Crippen molar-refractivity contribution < 1.29 is 24.6 Å². The molecular formula is C13H23N3O5. The van der Waals surface area contributed by atoms with Crippen molar-refractivity contribution in [1.29, 1.82) is 0 Å². The largest absolute Gasteiger partial charge is 0.481 e. The molecule has 2 amide bonds. The normalized spacial score (nSPS) is 20.0. The standard InChI is InChI=1S/C13H23N3O5/c1-16-7-3-4-9(16)8-14-13(21)15-10(12(19)20)5-2-6-11(17)18/h9-10H,2-8H2,1H3,(H,17,18)(H,19,20)(H2,14,15,21)/t9?,10-/m1/s1. The molecule has 0 aliphatic carbocycles. The third-order valence-corrected chi connectivity index (χ3v) is 3.66. The molecule has 21 heavy (non-hydrogen) atoms. The Balaban J connectivity index is 2.31. The summed E-state index contributed by atoms with van der Waals surface area (Å²) in [6, 6.07) is -1.31. The summed E-state index contributed by atoms with van der Waals surface area (Å²) < 4.78 is 0. The number of hydrogen-bond donors (Lipinski definition) is 4. The van der Waals surface area contributed by atoms with Gasteiger partial charge in [0, 0.05) is 19.0 Å². The molecule has 8 nitrogen and oxygen atoms in total. The first-order valence-corrected chi connectivity index (χ1v) is 7.09. The zero-order valence-corrected chi connectivity index (χ0v) is 12.2. The number of carbonyl (C=O) groups is 3. The Labute approximate surface area is 123 Å². The number of carboxylic acids is 2. The van der Waals surface area contributed by atoms with Gasteiger partial charge in [-0.2, -0.15) is 0 Å². The highest BCUT2D eigenvalue weighted by Crippen LogP contribution is 2.13. The minimum absolute atomic E-state index is 0.0956. The van der Waals surface area contributed by atoms with Crippen molar-refractivity contribution in [3.8, 4) is 0 Å². The summed E-state index contributed by atoms with van der Waals surface area (Å²) in [5, 5.41) is 22.6. The van der Waals surface area contributed by atoms with E-state index in [0.29, 0.717) is 6.54 Å². The van der Waals surface area contributed by atoms with E-state index in [-0.39, 0.29) is 25.3 Å². The van der Waals surface area contributed by atoms with Crippen LogP contribution in [0, 0.1) is 0 Å². The van der Waals surface area contributed by atoms with Gasteiger partial charge in [0.15, 0.2) is 0 Å². The first kappa shape index (κ1) is 17.2. The zero-order valence-electron chi connectivity index (χ0n) is 12.2. The average Bonchev–Trinajstić information content (AvgIpc) is 2.80. The topological polar surface area (TPSA) is 119 Å². The van der Waals surface area contributed by atoms with E-state index in [9.17, 15) is 14.4 Å². The quantitative estimate of drug-likeness (QED) is 0.504. The van der Waals surface area contributed by atoms with E-state index < -0.39 is 24.0 Å². The lowest BCUT2D eigenvalue weighted by Crippen LogP contribution is -2.48. The Morgan fingerprint density at radius 1 is 1.33 bits per heavy atom. The number of nitrogens with zero attached hydrogens (tertiary/aromatic N) is 1. The van der Waals surface area contributed by atoms with Gasteiger partial charge in [0.1, 0.15) is 6.04 Å². The zero-order chi connectivity index (χ0) is 15.8. The molecule has 1 fully saturated rings. The Bertz CT molecular complexity index is 388. The third-order valence-electron chi connectivity index (χ3n) is 3.66. The second-order valence-corrected chi connectivity index (χ2v) is 5.31. The molecule has 1 saturated heterocycles. The fraction of sp³-hybridized carbons (Fsp3) is 0.769. The molecule has 0 radical (unpaired) electrons. The molecule has 1 aliphatic heterocycles. The van der Waals surface area contributed by atoms with Gasteiger partial charge < -0.3 is 25.7 Å². The van der Waals surface area contributed by atoms with Gasteiger partial charge in [-0.15, -0.1) is 0 Å². The Morgan fingerprint density at radius 3 is 2.57 bits per heavy atom. The van der Waals surface area contributed by atoms with E-state index in [1.54, 1.807) is 0 Å². The summed E-state index contributed by atoms with van der Waals surface area (Å²) in [7, 11) is 1.99. The molecule has 0 saturated carbocycles. The molecule has 120 valence electrons. The number of urea groups is 1. The first-order valence-electron chi connectivity index (χ1n) is 7.09. The summed E-state index contributed by atoms with van der Waals surface area (Å²) in [5.74, 6) is -2.14. The van der Waals surface area contributed by atoms with Gasteiger partial charge in [-0.1, -0.05) is 0 Å². The van der Waals surface area contributed by atoms with E-state index in [0.717, 1.165) is 19.4 Å². The maximum absolute atomic E-state index is 11.7. The van der Waals surface area contributed by atoms with E-state index >= 15 is 0 Å². The van der Waals surface area contributed by atoms with E-state index in [4.69, 9.17) is 10.2 Å². The van der Waals surface area contributed by atoms with Crippen molar-refractivity contribution in [2.24, 2.45) is 0 Å². The molecule has 4 N–H and O–H groups in total. The number of nitrogens with one attached hydrogen (secondary N) is 2. The van der Waals surface area contributed by atoms with Crippen LogP contribution >= 0.6 is 0 Å². The summed E-state index contributed by atoms with van der Waals surface area (Å²) >= 11 is 0. The maximum Gasteiger partial charge on any atom is 0.326 e. The number of likely N-dealkylation sites (tertiary alicyclic amines) is 1. The molecule has 1 unspecified atom stereocenters. The second-order valence-electron chi connectivity index (χ2n) is 5.31. The van der Waals surface area contributed by atoms with Crippen molar-refractivity contribution in [2.45, 2.75) is 44.2 Å². The smallest absolute Gasteiger partial charge is 0.326 e. The van der Waals surface area contributed by atoms with Crippen molar-refractivity contribution in [2.75, 3.05) is 20.1 Å². The van der Waals surface area contributed by atoms with E-state index in [2.05, 4.69) is 15.5 Å². The van der Waals surface area contributed by atoms with Gasteiger partial charge in [0.05, 0.1) is 0 Å². The molecule has 0 bridgehead atoms. The summed E-state index contributed by atoms with van der Waals surface area (Å²) in [4.78, 5) is 35.3. The molecule has 1 aliphatic rings. The number of hydrogen-bond acceptors (Lipinski definition) is 4. The number of carbonyl (C=O) groups excluding carboxylic acids is 1. The molecule has 0 spiro atoms. The number of rotatable bonds is 8. The van der Waals surface area contributed by atoms with Gasteiger partial charge in [-0.25, -0.2) is 9.59 Å². The molecule has 8 heteroatoms. The Morgan fingerprint density at radius 2 is 2.05 bits per heavy atom. The second kappa shape index (κ2) is 8.46. The van der Waals surface area contributed by atoms with Crippen LogP contribution in [-0.2, 0) is 9.59 Å². The lowest BCUT2D eigenvalue weighted by molar-refractivity contribution is -0.140. The van der Waals surface area contributed by atoms with Gasteiger partial charge in [0.25, 0.3) is 0 Å². The van der Waals surface area contributed by atoms with Crippen molar-refractivity contribution in [3.05, 3.63) is 0 Å². The van der Waals surface area contributed by atoms with Crippen LogP contribution in [0.25, 0.3) is 0 Å². The molecule has 0 aromatic rings. The van der Waals surface area contributed by atoms with Crippen molar-refractivity contribution >= 4 is 18.0 Å². The minimum Gasteiger partial charge on any atom is -0.481 e. The van der Waals surface area contributed by atoms with Crippen molar-refractivity contribution in [3.63, 3.8) is 0 Å². The molecule has 0 aromatic carbocycles. The van der Waals surface area contributed by atoms with Crippen molar-refractivity contribution in [1.82, 2.24) is 15.5 Å². The van der Waals surface area contributed by atoms with E-state index in [1.165, 1.54) is 0 Å². The van der Waals surface area contributed by atoms with Gasteiger partial charge in [-0.05, 0) is 39.3 Å². The highest BCUT2D eigenvalue weighted by molar-refractivity contribution is 5.82.